The van der Waals surface area contributed by atoms with Gasteiger partial charge in [0.15, 0.2) is 0 Å². The standard InChI is InChI=1S/C14H10FN3/c15-14-9-12(5-7-17-14)18-11-3-4-13-10(8-11)2-1-6-16-13/h1-9H,(H,17,18). The van der Waals surface area contributed by atoms with Crippen molar-refractivity contribution in [3.8, 4) is 0 Å². The monoisotopic (exact) mass is 239 g/mol. The maximum absolute atomic E-state index is 13.0. The van der Waals surface area contributed by atoms with Crippen LogP contribution in [-0.4, -0.2) is 9.97 Å². The van der Waals surface area contributed by atoms with E-state index in [-0.39, 0.29) is 0 Å². The molecule has 0 spiro atoms. The Labute approximate surface area is 103 Å². The van der Waals surface area contributed by atoms with E-state index in [1.54, 1.807) is 12.3 Å². The molecule has 2 heterocycles. The smallest absolute Gasteiger partial charge is 0.214 e. The summed E-state index contributed by atoms with van der Waals surface area (Å²) in [6.07, 6.45) is 3.19. The van der Waals surface area contributed by atoms with Crippen LogP contribution in [0.4, 0.5) is 15.8 Å². The van der Waals surface area contributed by atoms with Crippen molar-refractivity contribution >= 4 is 22.3 Å². The van der Waals surface area contributed by atoms with Gasteiger partial charge in [-0.15, -0.1) is 0 Å². The van der Waals surface area contributed by atoms with Crippen molar-refractivity contribution < 1.29 is 4.39 Å². The van der Waals surface area contributed by atoms with Gasteiger partial charge in [0.25, 0.3) is 0 Å². The summed E-state index contributed by atoms with van der Waals surface area (Å²) in [5.41, 5.74) is 2.50. The van der Waals surface area contributed by atoms with Gasteiger partial charge in [-0.05, 0) is 30.3 Å². The van der Waals surface area contributed by atoms with E-state index in [2.05, 4.69) is 15.3 Å². The Hall–Kier alpha value is -2.49. The summed E-state index contributed by atoms with van der Waals surface area (Å²) >= 11 is 0. The number of pyridine rings is 2. The van der Waals surface area contributed by atoms with Crippen LogP contribution in [0.25, 0.3) is 10.9 Å². The Kier molecular flexibility index (Phi) is 2.61. The lowest BCUT2D eigenvalue weighted by atomic mass is 10.2. The molecule has 0 fully saturated rings. The Balaban J connectivity index is 1.95. The highest BCUT2D eigenvalue weighted by molar-refractivity contribution is 5.83. The number of halogens is 1. The van der Waals surface area contributed by atoms with Crippen LogP contribution in [0, 0.1) is 5.95 Å². The number of rotatable bonds is 2. The molecule has 4 heteroatoms. The van der Waals surface area contributed by atoms with Gasteiger partial charge in [-0.2, -0.15) is 4.39 Å². The summed E-state index contributed by atoms with van der Waals surface area (Å²) in [5.74, 6) is -0.498. The maximum Gasteiger partial charge on any atom is 0.214 e. The number of nitrogens with one attached hydrogen (secondary N) is 1. The van der Waals surface area contributed by atoms with Crippen LogP contribution >= 0.6 is 0 Å². The molecule has 0 unspecified atom stereocenters. The van der Waals surface area contributed by atoms with E-state index in [0.717, 1.165) is 16.6 Å². The van der Waals surface area contributed by atoms with Gasteiger partial charge in [-0.1, -0.05) is 6.07 Å². The summed E-state index contributed by atoms with van der Waals surface area (Å²) in [5, 5.41) is 4.17. The Morgan fingerprint density at radius 2 is 1.78 bits per heavy atom. The Morgan fingerprint density at radius 1 is 0.889 bits per heavy atom. The molecule has 0 saturated heterocycles. The van der Waals surface area contributed by atoms with E-state index >= 15 is 0 Å². The molecule has 18 heavy (non-hydrogen) atoms. The highest BCUT2D eigenvalue weighted by Crippen LogP contribution is 2.20. The van der Waals surface area contributed by atoms with Crippen molar-refractivity contribution in [2.24, 2.45) is 0 Å². The Morgan fingerprint density at radius 3 is 2.67 bits per heavy atom. The number of hydrogen-bond acceptors (Lipinski definition) is 3. The van der Waals surface area contributed by atoms with E-state index in [9.17, 15) is 4.39 Å². The quantitative estimate of drug-likeness (QED) is 0.695. The second-order valence-corrected chi connectivity index (χ2v) is 3.90. The minimum absolute atomic E-state index is 0.498. The fourth-order valence-corrected chi connectivity index (χ4v) is 1.80. The summed E-state index contributed by atoms with van der Waals surface area (Å²) in [6, 6.07) is 12.8. The second kappa shape index (κ2) is 4.41. The third kappa shape index (κ3) is 2.13. The number of nitrogens with zero attached hydrogens (tertiary/aromatic N) is 2. The highest BCUT2D eigenvalue weighted by atomic mass is 19.1. The van der Waals surface area contributed by atoms with Crippen LogP contribution < -0.4 is 5.32 Å². The molecule has 88 valence electrons. The minimum atomic E-state index is -0.498. The third-order valence-electron chi connectivity index (χ3n) is 2.62. The number of anilines is 2. The van der Waals surface area contributed by atoms with Crippen LogP contribution in [0.5, 0.6) is 0 Å². The SMILES string of the molecule is Fc1cc(Nc2ccc3ncccc3c2)ccn1. The molecule has 0 aliphatic heterocycles. The van der Waals surface area contributed by atoms with Gasteiger partial charge >= 0.3 is 0 Å². The van der Waals surface area contributed by atoms with Gasteiger partial charge < -0.3 is 5.32 Å². The summed E-state index contributed by atoms with van der Waals surface area (Å²) in [6.45, 7) is 0. The zero-order valence-corrected chi connectivity index (χ0v) is 9.47. The van der Waals surface area contributed by atoms with Crippen LogP contribution in [0.1, 0.15) is 0 Å². The lowest BCUT2D eigenvalue weighted by molar-refractivity contribution is 0.584. The van der Waals surface area contributed by atoms with Gasteiger partial charge in [0, 0.05) is 35.2 Å². The van der Waals surface area contributed by atoms with Crippen LogP contribution in [-0.2, 0) is 0 Å². The fourth-order valence-electron chi connectivity index (χ4n) is 1.80. The van der Waals surface area contributed by atoms with E-state index in [0.29, 0.717) is 5.69 Å². The van der Waals surface area contributed by atoms with Crippen molar-refractivity contribution in [2.45, 2.75) is 0 Å². The molecule has 1 aromatic carbocycles. The Bertz CT molecular complexity index is 697. The second-order valence-electron chi connectivity index (χ2n) is 3.90. The lowest BCUT2D eigenvalue weighted by Gasteiger charge is -2.07. The molecule has 0 aliphatic rings. The topological polar surface area (TPSA) is 37.8 Å². The molecule has 2 aromatic heterocycles. The molecule has 0 aliphatic carbocycles. The molecule has 0 bridgehead atoms. The molecule has 0 radical (unpaired) electrons. The predicted molar refractivity (Wildman–Crippen MR) is 69.2 cm³/mol. The zero-order chi connectivity index (χ0) is 12.4. The van der Waals surface area contributed by atoms with Gasteiger partial charge in [-0.3, -0.25) is 4.98 Å². The average molecular weight is 239 g/mol. The normalized spacial score (nSPS) is 10.5. The lowest BCUT2D eigenvalue weighted by Crippen LogP contribution is -1.92. The van der Waals surface area contributed by atoms with Crippen LogP contribution in [0.2, 0.25) is 0 Å². The van der Waals surface area contributed by atoms with Crippen molar-refractivity contribution in [1.29, 1.82) is 0 Å². The summed E-state index contributed by atoms with van der Waals surface area (Å²) < 4.78 is 13.0. The molecule has 3 rings (SSSR count). The van der Waals surface area contributed by atoms with Crippen molar-refractivity contribution in [1.82, 2.24) is 9.97 Å². The van der Waals surface area contributed by atoms with Gasteiger partial charge in [-0.25, -0.2) is 4.98 Å². The minimum Gasteiger partial charge on any atom is -0.355 e. The molecule has 3 aromatic rings. The van der Waals surface area contributed by atoms with Gasteiger partial charge in [0.05, 0.1) is 5.52 Å². The average Bonchev–Trinajstić information content (AvgIpc) is 2.39. The number of fused-ring (bicyclic) bond motifs is 1. The van der Waals surface area contributed by atoms with Crippen molar-refractivity contribution in [2.75, 3.05) is 5.32 Å². The fraction of sp³-hybridized carbons (Fsp3) is 0. The largest absolute Gasteiger partial charge is 0.355 e. The molecular formula is C14H10FN3. The van der Waals surface area contributed by atoms with E-state index in [1.165, 1.54) is 12.3 Å². The molecule has 0 atom stereocenters. The molecule has 1 N–H and O–H groups in total. The van der Waals surface area contributed by atoms with E-state index < -0.39 is 5.95 Å². The number of hydrogen-bond donors (Lipinski definition) is 1. The summed E-state index contributed by atoms with van der Waals surface area (Å²) in [7, 11) is 0. The number of aromatic nitrogens is 2. The highest BCUT2D eigenvalue weighted by Gasteiger charge is 1.99. The van der Waals surface area contributed by atoms with E-state index in [1.807, 2.05) is 30.3 Å². The maximum atomic E-state index is 13.0. The first-order chi connectivity index (χ1) is 8.81. The molecular weight excluding hydrogens is 229 g/mol. The van der Waals surface area contributed by atoms with Gasteiger partial charge in [0.1, 0.15) is 0 Å². The first kappa shape index (κ1) is 10.7. The van der Waals surface area contributed by atoms with Crippen LogP contribution in [0.15, 0.2) is 54.9 Å². The number of benzene rings is 1. The molecule has 0 saturated carbocycles. The molecule has 3 nitrogen and oxygen atoms in total. The van der Waals surface area contributed by atoms with E-state index in [4.69, 9.17) is 0 Å². The summed E-state index contributed by atoms with van der Waals surface area (Å²) in [4.78, 5) is 7.76. The first-order valence-electron chi connectivity index (χ1n) is 5.55. The van der Waals surface area contributed by atoms with Crippen molar-refractivity contribution in [3.05, 3.63) is 60.8 Å². The first-order valence-corrected chi connectivity index (χ1v) is 5.55. The van der Waals surface area contributed by atoms with Crippen molar-refractivity contribution in [3.63, 3.8) is 0 Å². The predicted octanol–water partition coefficient (Wildman–Crippen LogP) is 3.51. The van der Waals surface area contributed by atoms with Crippen LogP contribution in [0.3, 0.4) is 0 Å². The van der Waals surface area contributed by atoms with Gasteiger partial charge in [0.2, 0.25) is 5.95 Å². The third-order valence-corrected chi connectivity index (χ3v) is 2.62. The zero-order valence-electron chi connectivity index (χ0n) is 9.47. The molecule has 0 amide bonds.